The van der Waals surface area contributed by atoms with Gasteiger partial charge in [-0.25, -0.2) is 9.78 Å². The van der Waals surface area contributed by atoms with Crippen molar-refractivity contribution >= 4 is 29.2 Å². The number of pyridine rings is 1. The number of urea groups is 1. The Hall–Kier alpha value is -2.02. The van der Waals surface area contributed by atoms with Crippen molar-refractivity contribution in [1.29, 1.82) is 0 Å². The van der Waals surface area contributed by atoms with E-state index in [1.807, 2.05) is 34.6 Å². The number of hydrogen-bond acceptors (Lipinski definition) is 4. The van der Waals surface area contributed by atoms with Crippen molar-refractivity contribution in [2.45, 2.75) is 59.2 Å². The number of carbonyl (C=O) groups excluding carboxylic acids is 2. The second kappa shape index (κ2) is 10.1. The normalized spacial score (nSPS) is 12.0. The number of rotatable bonds is 8. The minimum Gasteiger partial charge on any atom is -0.382 e. The summed E-state index contributed by atoms with van der Waals surface area (Å²) in [6, 6.07) is 1.61. The van der Waals surface area contributed by atoms with E-state index in [9.17, 15) is 9.59 Å². The summed E-state index contributed by atoms with van der Waals surface area (Å²) in [5.41, 5.74) is 1.09. The summed E-state index contributed by atoms with van der Waals surface area (Å²) in [6.07, 6.45) is 2.07. The monoisotopic (exact) mass is 369 g/mol. The Morgan fingerprint density at radius 1 is 1.12 bits per heavy atom. The van der Waals surface area contributed by atoms with Crippen molar-refractivity contribution in [3.63, 3.8) is 0 Å². The fourth-order valence-electron chi connectivity index (χ4n) is 2.14. The maximum absolute atomic E-state index is 12.4. The molecule has 0 bridgehead atoms. The smallest absolute Gasteiger partial charge is 0.315 e. The second-order valence-electron chi connectivity index (χ2n) is 6.57. The fourth-order valence-corrected chi connectivity index (χ4v) is 2.30. The van der Waals surface area contributed by atoms with Crippen LogP contribution in [-0.2, 0) is 0 Å². The average Bonchev–Trinajstić information content (AvgIpc) is 2.45. The van der Waals surface area contributed by atoms with E-state index in [1.165, 1.54) is 6.20 Å². The summed E-state index contributed by atoms with van der Waals surface area (Å²) in [4.78, 5) is 28.0. The molecule has 140 valence electrons. The highest BCUT2D eigenvalue weighted by Gasteiger charge is 2.14. The SMILES string of the molecule is CC(C)NC(=O)NC(C)CCNC(=O)c1cnc(Cl)cc1NC(C)C. The number of nitrogens with one attached hydrogen (secondary N) is 4. The fraction of sp³-hybridized carbons (Fsp3) is 0.588. The number of amides is 3. The van der Waals surface area contributed by atoms with Crippen molar-refractivity contribution in [2.24, 2.45) is 0 Å². The molecule has 0 aliphatic rings. The van der Waals surface area contributed by atoms with Gasteiger partial charge in [0.2, 0.25) is 0 Å². The van der Waals surface area contributed by atoms with Crippen LogP contribution in [0.4, 0.5) is 10.5 Å². The summed E-state index contributed by atoms with van der Waals surface area (Å²) in [6.45, 7) is 10.1. The summed E-state index contributed by atoms with van der Waals surface area (Å²) >= 11 is 5.91. The number of aromatic nitrogens is 1. The number of nitrogens with zero attached hydrogens (tertiary/aromatic N) is 1. The second-order valence-corrected chi connectivity index (χ2v) is 6.96. The molecule has 7 nitrogen and oxygen atoms in total. The van der Waals surface area contributed by atoms with E-state index < -0.39 is 0 Å². The summed E-state index contributed by atoms with van der Waals surface area (Å²) in [5, 5.41) is 11.9. The summed E-state index contributed by atoms with van der Waals surface area (Å²) < 4.78 is 0. The van der Waals surface area contributed by atoms with Gasteiger partial charge in [-0.15, -0.1) is 0 Å². The van der Waals surface area contributed by atoms with E-state index in [-0.39, 0.29) is 30.1 Å². The van der Waals surface area contributed by atoms with Gasteiger partial charge in [0, 0.05) is 30.9 Å². The molecular formula is C17H28ClN5O2. The van der Waals surface area contributed by atoms with E-state index in [0.29, 0.717) is 29.4 Å². The molecule has 25 heavy (non-hydrogen) atoms. The van der Waals surface area contributed by atoms with E-state index in [2.05, 4.69) is 26.3 Å². The van der Waals surface area contributed by atoms with E-state index >= 15 is 0 Å². The van der Waals surface area contributed by atoms with Crippen LogP contribution in [0.3, 0.4) is 0 Å². The van der Waals surface area contributed by atoms with Crippen LogP contribution in [0.1, 0.15) is 51.4 Å². The molecule has 0 aliphatic carbocycles. The van der Waals surface area contributed by atoms with Crippen molar-refractivity contribution in [3.05, 3.63) is 23.0 Å². The van der Waals surface area contributed by atoms with Crippen LogP contribution < -0.4 is 21.3 Å². The first kappa shape index (κ1) is 21.0. The van der Waals surface area contributed by atoms with Crippen LogP contribution in [0, 0.1) is 0 Å². The lowest BCUT2D eigenvalue weighted by Crippen LogP contribution is -2.44. The molecule has 8 heteroatoms. The number of hydrogen-bond donors (Lipinski definition) is 4. The van der Waals surface area contributed by atoms with Crippen molar-refractivity contribution in [2.75, 3.05) is 11.9 Å². The maximum Gasteiger partial charge on any atom is 0.315 e. The van der Waals surface area contributed by atoms with Crippen molar-refractivity contribution in [1.82, 2.24) is 20.9 Å². The molecular weight excluding hydrogens is 342 g/mol. The zero-order valence-electron chi connectivity index (χ0n) is 15.4. The van der Waals surface area contributed by atoms with E-state index in [4.69, 9.17) is 11.6 Å². The predicted octanol–water partition coefficient (Wildman–Crippen LogP) is 2.77. The highest BCUT2D eigenvalue weighted by molar-refractivity contribution is 6.29. The first-order valence-corrected chi connectivity index (χ1v) is 8.84. The molecule has 1 aromatic heterocycles. The van der Waals surface area contributed by atoms with Gasteiger partial charge < -0.3 is 21.3 Å². The maximum atomic E-state index is 12.4. The zero-order valence-corrected chi connectivity index (χ0v) is 16.2. The third-order valence-corrected chi connectivity index (χ3v) is 3.43. The van der Waals surface area contributed by atoms with Crippen molar-refractivity contribution < 1.29 is 9.59 Å². The van der Waals surface area contributed by atoms with Gasteiger partial charge in [0.25, 0.3) is 5.91 Å². The molecule has 0 saturated heterocycles. The Morgan fingerprint density at radius 3 is 2.40 bits per heavy atom. The third kappa shape index (κ3) is 8.07. The summed E-state index contributed by atoms with van der Waals surface area (Å²) in [5.74, 6) is -0.230. The molecule has 1 unspecified atom stereocenters. The van der Waals surface area contributed by atoms with Crippen molar-refractivity contribution in [3.8, 4) is 0 Å². The molecule has 1 rings (SSSR count). The molecule has 1 atom stereocenters. The van der Waals surface area contributed by atoms with E-state index in [1.54, 1.807) is 6.07 Å². The third-order valence-electron chi connectivity index (χ3n) is 3.22. The minimum absolute atomic E-state index is 0.0596. The van der Waals surface area contributed by atoms with Gasteiger partial charge in [-0.2, -0.15) is 0 Å². The summed E-state index contributed by atoms with van der Waals surface area (Å²) in [7, 11) is 0. The standard InChI is InChI=1S/C17H28ClN5O2/c1-10(2)21-14-8-15(18)20-9-13(14)16(24)19-7-6-12(5)23-17(25)22-11(3)4/h8-12H,6-7H2,1-5H3,(H,19,24)(H,20,21)(H2,22,23,25). The van der Waals surface area contributed by atoms with Crippen LogP contribution in [0.5, 0.6) is 0 Å². The Morgan fingerprint density at radius 2 is 1.80 bits per heavy atom. The van der Waals surface area contributed by atoms with Crippen LogP contribution in [-0.4, -0.2) is 41.6 Å². The van der Waals surface area contributed by atoms with Gasteiger partial charge in [-0.05, 0) is 47.1 Å². The minimum atomic E-state index is -0.230. The van der Waals surface area contributed by atoms with Gasteiger partial charge in [-0.1, -0.05) is 11.6 Å². The van der Waals surface area contributed by atoms with Gasteiger partial charge in [0.1, 0.15) is 5.15 Å². The molecule has 4 N–H and O–H groups in total. The van der Waals surface area contributed by atoms with Gasteiger partial charge in [-0.3, -0.25) is 4.79 Å². The quantitative estimate of drug-likeness (QED) is 0.530. The van der Waals surface area contributed by atoms with Gasteiger partial charge in [0.15, 0.2) is 0 Å². The van der Waals surface area contributed by atoms with Crippen LogP contribution >= 0.6 is 11.6 Å². The molecule has 0 spiro atoms. The molecule has 0 aliphatic heterocycles. The Balaban J connectivity index is 2.53. The highest BCUT2D eigenvalue weighted by Crippen LogP contribution is 2.19. The molecule has 0 fully saturated rings. The molecule has 0 saturated carbocycles. The molecule has 1 aromatic rings. The first-order chi connectivity index (χ1) is 11.7. The average molecular weight is 370 g/mol. The van der Waals surface area contributed by atoms with Crippen LogP contribution in [0.2, 0.25) is 5.15 Å². The lowest BCUT2D eigenvalue weighted by atomic mass is 10.2. The topological polar surface area (TPSA) is 95.2 Å². The number of anilines is 1. The molecule has 3 amide bonds. The molecule has 1 heterocycles. The van der Waals surface area contributed by atoms with Crippen LogP contribution in [0.25, 0.3) is 0 Å². The van der Waals surface area contributed by atoms with Gasteiger partial charge >= 0.3 is 6.03 Å². The molecule has 0 radical (unpaired) electrons. The largest absolute Gasteiger partial charge is 0.382 e. The Bertz CT molecular complexity index is 592. The Kier molecular flexibility index (Phi) is 8.48. The first-order valence-electron chi connectivity index (χ1n) is 8.46. The van der Waals surface area contributed by atoms with E-state index in [0.717, 1.165) is 0 Å². The van der Waals surface area contributed by atoms with Gasteiger partial charge in [0.05, 0.1) is 11.3 Å². The lowest BCUT2D eigenvalue weighted by Gasteiger charge is -2.17. The number of halogens is 1. The highest BCUT2D eigenvalue weighted by atomic mass is 35.5. The zero-order chi connectivity index (χ0) is 19.0. The predicted molar refractivity (Wildman–Crippen MR) is 101 cm³/mol. The van der Waals surface area contributed by atoms with Crippen LogP contribution in [0.15, 0.2) is 12.3 Å². The lowest BCUT2D eigenvalue weighted by molar-refractivity contribution is 0.0953. The number of carbonyl (C=O) groups is 2. The molecule has 0 aromatic carbocycles. The Labute approximate surface area is 154 Å².